The lowest BCUT2D eigenvalue weighted by atomic mass is 9.87. The first kappa shape index (κ1) is 11.0. The summed E-state index contributed by atoms with van der Waals surface area (Å²) in [5.74, 6) is 1.19. The van der Waals surface area contributed by atoms with E-state index >= 15 is 0 Å². The molecular weight excluding hydrogens is 234 g/mol. The first-order valence-corrected chi connectivity index (χ1v) is 6.95. The van der Waals surface area contributed by atoms with E-state index in [4.69, 9.17) is 0 Å². The highest BCUT2D eigenvalue weighted by Gasteiger charge is 2.42. The third-order valence-corrected chi connectivity index (χ3v) is 5.12. The van der Waals surface area contributed by atoms with Gasteiger partial charge < -0.3 is 10.4 Å². The minimum Gasteiger partial charge on any atom is -0.508 e. The standard InChI is InChI=1S/C13H15NO2S/c15-9-3-4-11-10(7-9)14-12(16)13(8-17-11)5-1-2-6-13/h3-4,7,15H,1-2,5-6,8H2,(H,14,16). The summed E-state index contributed by atoms with van der Waals surface area (Å²) in [6.07, 6.45) is 4.28. The molecule has 3 rings (SSSR count). The van der Waals surface area contributed by atoms with Gasteiger partial charge in [0.15, 0.2) is 0 Å². The molecule has 2 aliphatic rings. The normalized spacial score (nSPS) is 22.0. The molecule has 1 fully saturated rings. The molecule has 2 N–H and O–H groups in total. The Hall–Kier alpha value is -1.16. The van der Waals surface area contributed by atoms with Gasteiger partial charge in [0, 0.05) is 16.7 Å². The minimum absolute atomic E-state index is 0.131. The maximum atomic E-state index is 12.3. The van der Waals surface area contributed by atoms with Crippen molar-refractivity contribution < 1.29 is 9.90 Å². The fourth-order valence-electron chi connectivity index (χ4n) is 2.70. The first-order chi connectivity index (χ1) is 8.20. The zero-order valence-electron chi connectivity index (χ0n) is 9.53. The number of anilines is 1. The summed E-state index contributed by atoms with van der Waals surface area (Å²) in [5.41, 5.74) is 0.572. The molecule has 1 heterocycles. The Morgan fingerprint density at radius 1 is 1.29 bits per heavy atom. The SMILES string of the molecule is O=C1Nc2cc(O)ccc2SCC12CCCC2. The van der Waals surface area contributed by atoms with Crippen LogP contribution < -0.4 is 5.32 Å². The summed E-state index contributed by atoms with van der Waals surface area (Å²) < 4.78 is 0. The van der Waals surface area contributed by atoms with Crippen LogP contribution in [0.1, 0.15) is 25.7 Å². The second-order valence-electron chi connectivity index (χ2n) is 4.91. The molecule has 1 aromatic carbocycles. The van der Waals surface area contributed by atoms with Crippen LogP contribution in [0.5, 0.6) is 5.75 Å². The van der Waals surface area contributed by atoms with E-state index in [-0.39, 0.29) is 17.1 Å². The predicted octanol–water partition coefficient (Wildman–Crippen LogP) is 3.00. The average molecular weight is 249 g/mol. The quantitative estimate of drug-likeness (QED) is 0.743. The van der Waals surface area contributed by atoms with Gasteiger partial charge in [-0.1, -0.05) is 12.8 Å². The van der Waals surface area contributed by atoms with E-state index in [0.717, 1.165) is 42.0 Å². The number of phenolic OH excluding ortho intramolecular Hbond substituents is 1. The van der Waals surface area contributed by atoms with E-state index in [1.807, 2.05) is 6.07 Å². The summed E-state index contributed by atoms with van der Waals surface area (Å²) in [5, 5.41) is 12.4. The van der Waals surface area contributed by atoms with E-state index in [2.05, 4.69) is 5.32 Å². The molecule has 3 nitrogen and oxygen atoms in total. The Balaban J connectivity index is 1.96. The zero-order valence-corrected chi connectivity index (χ0v) is 10.3. The van der Waals surface area contributed by atoms with E-state index in [0.29, 0.717) is 0 Å². The average Bonchev–Trinajstić information content (AvgIpc) is 2.73. The number of fused-ring (bicyclic) bond motifs is 1. The number of benzene rings is 1. The van der Waals surface area contributed by atoms with Crippen molar-refractivity contribution in [2.24, 2.45) is 5.41 Å². The second-order valence-corrected chi connectivity index (χ2v) is 5.93. The van der Waals surface area contributed by atoms with Crippen molar-refractivity contribution in [2.75, 3.05) is 11.1 Å². The molecule has 1 aromatic rings. The summed E-state index contributed by atoms with van der Waals surface area (Å²) in [6.45, 7) is 0. The van der Waals surface area contributed by atoms with Crippen molar-refractivity contribution in [2.45, 2.75) is 30.6 Å². The summed E-state index contributed by atoms with van der Waals surface area (Å²) in [6, 6.07) is 5.18. The Labute approximate surface area is 105 Å². The Bertz CT molecular complexity index is 466. The largest absolute Gasteiger partial charge is 0.508 e. The Morgan fingerprint density at radius 3 is 2.82 bits per heavy atom. The topological polar surface area (TPSA) is 49.3 Å². The molecule has 1 aliphatic carbocycles. The van der Waals surface area contributed by atoms with Crippen molar-refractivity contribution in [3.63, 3.8) is 0 Å². The van der Waals surface area contributed by atoms with Crippen LogP contribution in [0.4, 0.5) is 5.69 Å². The molecule has 0 atom stereocenters. The van der Waals surface area contributed by atoms with Gasteiger partial charge in [0.25, 0.3) is 0 Å². The van der Waals surface area contributed by atoms with Gasteiger partial charge in [0.05, 0.1) is 11.1 Å². The number of hydrogen-bond acceptors (Lipinski definition) is 3. The predicted molar refractivity (Wildman–Crippen MR) is 68.4 cm³/mol. The Morgan fingerprint density at radius 2 is 2.06 bits per heavy atom. The summed E-state index contributed by atoms with van der Waals surface area (Å²) >= 11 is 1.72. The van der Waals surface area contributed by atoms with Crippen LogP contribution in [0, 0.1) is 5.41 Å². The fraction of sp³-hybridized carbons (Fsp3) is 0.462. The molecule has 4 heteroatoms. The fourth-order valence-corrected chi connectivity index (χ4v) is 3.98. The van der Waals surface area contributed by atoms with Gasteiger partial charge in [-0.05, 0) is 25.0 Å². The maximum absolute atomic E-state index is 12.3. The summed E-state index contributed by atoms with van der Waals surface area (Å²) in [4.78, 5) is 13.4. The number of hydrogen-bond donors (Lipinski definition) is 2. The van der Waals surface area contributed by atoms with Crippen LogP contribution in [0.3, 0.4) is 0 Å². The smallest absolute Gasteiger partial charge is 0.231 e. The van der Waals surface area contributed by atoms with Gasteiger partial charge in [0.1, 0.15) is 5.75 Å². The van der Waals surface area contributed by atoms with Crippen LogP contribution in [0.25, 0.3) is 0 Å². The number of aromatic hydroxyl groups is 1. The van der Waals surface area contributed by atoms with E-state index < -0.39 is 0 Å². The second kappa shape index (κ2) is 3.95. The number of rotatable bonds is 0. The molecule has 0 radical (unpaired) electrons. The molecule has 0 saturated heterocycles. The molecule has 0 unspecified atom stereocenters. The minimum atomic E-state index is -0.181. The van der Waals surface area contributed by atoms with Gasteiger partial charge in [-0.15, -0.1) is 11.8 Å². The highest BCUT2D eigenvalue weighted by atomic mass is 32.2. The number of nitrogens with one attached hydrogen (secondary N) is 1. The number of carbonyl (C=O) groups is 1. The van der Waals surface area contributed by atoms with Crippen molar-refractivity contribution in [1.82, 2.24) is 0 Å². The van der Waals surface area contributed by atoms with Gasteiger partial charge in [-0.25, -0.2) is 0 Å². The van der Waals surface area contributed by atoms with Crippen molar-refractivity contribution in [3.05, 3.63) is 18.2 Å². The Kier molecular flexibility index (Phi) is 2.54. The highest BCUT2D eigenvalue weighted by molar-refractivity contribution is 7.99. The highest BCUT2D eigenvalue weighted by Crippen LogP contribution is 2.47. The van der Waals surface area contributed by atoms with Gasteiger partial charge in [-0.2, -0.15) is 0 Å². The van der Waals surface area contributed by atoms with Gasteiger partial charge >= 0.3 is 0 Å². The monoisotopic (exact) mass is 249 g/mol. The van der Waals surface area contributed by atoms with E-state index in [1.165, 1.54) is 0 Å². The van der Waals surface area contributed by atoms with Gasteiger partial charge in [0.2, 0.25) is 5.91 Å². The maximum Gasteiger partial charge on any atom is 0.231 e. The number of carbonyl (C=O) groups excluding carboxylic acids is 1. The third kappa shape index (κ3) is 1.80. The third-order valence-electron chi connectivity index (χ3n) is 3.76. The lowest BCUT2D eigenvalue weighted by Gasteiger charge is -2.24. The molecule has 1 amide bonds. The number of thioether (sulfide) groups is 1. The van der Waals surface area contributed by atoms with Crippen molar-refractivity contribution in [3.8, 4) is 5.75 Å². The van der Waals surface area contributed by atoms with Crippen LogP contribution in [-0.2, 0) is 4.79 Å². The lowest BCUT2D eigenvalue weighted by molar-refractivity contribution is -0.124. The van der Waals surface area contributed by atoms with Gasteiger partial charge in [-0.3, -0.25) is 4.79 Å². The lowest BCUT2D eigenvalue weighted by Crippen LogP contribution is -2.34. The van der Waals surface area contributed by atoms with Crippen LogP contribution in [0.2, 0.25) is 0 Å². The van der Waals surface area contributed by atoms with E-state index in [1.54, 1.807) is 23.9 Å². The van der Waals surface area contributed by atoms with Crippen LogP contribution >= 0.6 is 11.8 Å². The van der Waals surface area contributed by atoms with Crippen molar-refractivity contribution in [1.29, 1.82) is 0 Å². The number of amides is 1. The molecular formula is C13H15NO2S. The molecule has 17 heavy (non-hydrogen) atoms. The summed E-state index contributed by atoms with van der Waals surface area (Å²) in [7, 11) is 0. The molecule has 0 bridgehead atoms. The molecule has 1 aliphatic heterocycles. The molecule has 0 aromatic heterocycles. The van der Waals surface area contributed by atoms with Crippen LogP contribution in [0.15, 0.2) is 23.1 Å². The first-order valence-electron chi connectivity index (χ1n) is 5.97. The van der Waals surface area contributed by atoms with Crippen molar-refractivity contribution >= 4 is 23.4 Å². The van der Waals surface area contributed by atoms with Crippen LogP contribution in [-0.4, -0.2) is 16.8 Å². The van der Waals surface area contributed by atoms with E-state index in [9.17, 15) is 9.90 Å². The molecule has 90 valence electrons. The number of phenols is 1. The molecule has 1 spiro atoms. The zero-order chi connectivity index (χ0) is 11.9. The molecule has 1 saturated carbocycles.